The molecule has 0 unspecified atom stereocenters. The number of aryl methyl sites for hydroxylation is 1. The second kappa shape index (κ2) is 13.7. The molecule has 0 spiro atoms. The number of halogens is 1. The number of carbonyl (C=O) groups is 2. The van der Waals surface area contributed by atoms with Crippen LogP contribution in [0.1, 0.15) is 15.3 Å². The number of benzene rings is 2. The summed E-state index contributed by atoms with van der Waals surface area (Å²) in [6.07, 6.45) is 0. The van der Waals surface area contributed by atoms with E-state index < -0.39 is 0 Å². The first-order valence-electron chi connectivity index (χ1n) is 12.5. The molecular weight excluding hydrogens is 552 g/mol. The number of para-hydroxylation sites is 1. The highest BCUT2D eigenvalue weighted by Crippen LogP contribution is 2.22. The number of rotatable bonds is 10. The van der Waals surface area contributed by atoms with Crippen molar-refractivity contribution in [1.82, 2.24) is 14.7 Å². The number of morpholine rings is 1. The molecule has 1 N–H and O–H groups in total. The number of carbonyl (C=O) groups excluding carboxylic acids is 2. The summed E-state index contributed by atoms with van der Waals surface area (Å²) in [5, 5.41) is 2.97. The first kappa shape index (κ1) is 27.3. The quantitative estimate of drug-likeness (QED) is 0.355. The van der Waals surface area contributed by atoms with Crippen molar-refractivity contribution in [2.24, 2.45) is 0 Å². The van der Waals surface area contributed by atoms with Crippen molar-refractivity contribution in [3.05, 3.63) is 86.5 Å². The summed E-state index contributed by atoms with van der Waals surface area (Å²) in [5.41, 5.74) is 1.73. The van der Waals surface area contributed by atoms with Crippen LogP contribution >= 0.6 is 27.3 Å². The van der Waals surface area contributed by atoms with Gasteiger partial charge in [0.05, 0.1) is 25.4 Å². The van der Waals surface area contributed by atoms with Crippen LogP contribution < -0.4 is 5.32 Å². The number of hydrogen-bond acceptors (Lipinski definition) is 5. The van der Waals surface area contributed by atoms with E-state index in [1.807, 2.05) is 59.5 Å². The van der Waals surface area contributed by atoms with E-state index in [0.717, 1.165) is 28.0 Å². The van der Waals surface area contributed by atoms with Crippen LogP contribution in [-0.2, 0) is 22.6 Å². The van der Waals surface area contributed by atoms with Crippen LogP contribution in [0.2, 0.25) is 0 Å². The number of anilines is 1. The summed E-state index contributed by atoms with van der Waals surface area (Å²) in [6.45, 7) is 7.21. The topological polar surface area (TPSA) is 65.1 Å². The van der Waals surface area contributed by atoms with Gasteiger partial charge in [0.1, 0.15) is 6.54 Å². The molecule has 37 heavy (non-hydrogen) atoms. The minimum Gasteiger partial charge on any atom is -0.379 e. The van der Waals surface area contributed by atoms with Crippen molar-refractivity contribution in [2.75, 3.05) is 51.3 Å². The molecule has 1 aliphatic rings. The van der Waals surface area contributed by atoms with Crippen LogP contribution in [0.15, 0.2) is 71.2 Å². The van der Waals surface area contributed by atoms with Crippen molar-refractivity contribution >= 4 is 44.9 Å². The van der Waals surface area contributed by atoms with Crippen molar-refractivity contribution in [3.8, 4) is 0 Å². The molecule has 3 aromatic rings. The molecule has 7 nitrogen and oxygen atoms in total. The molecule has 1 aliphatic heterocycles. The first-order valence-corrected chi connectivity index (χ1v) is 14.1. The van der Waals surface area contributed by atoms with Crippen LogP contribution in [0.5, 0.6) is 0 Å². The summed E-state index contributed by atoms with van der Waals surface area (Å²) < 4.78 is 6.25. The maximum absolute atomic E-state index is 13.7. The van der Waals surface area contributed by atoms with E-state index in [9.17, 15) is 9.59 Å². The lowest BCUT2D eigenvalue weighted by Crippen LogP contribution is -2.48. The standard InChI is InChI=1S/C28H33BrN4O3S/c1-22-11-12-24(37-22)20-33(19-23-7-3-2-4-8-23)27(34)21-32(14-13-31-15-17-36-18-16-31)28(35)30-26-10-6-5-9-25(26)29/h2-12H,13-21H2,1H3,(H,30,35). The third-order valence-electron chi connectivity index (χ3n) is 6.23. The highest BCUT2D eigenvalue weighted by molar-refractivity contribution is 9.10. The van der Waals surface area contributed by atoms with Gasteiger partial charge in [-0.25, -0.2) is 4.79 Å². The van der Waals surface area contributed by atoms with Gasteiger partial charge in [0.25, 0.3) is 0 Å². The Labute approximate surface area is 231 Å². The highest BCUT2D eigenvalue weighted by Gasteiger charge is 2.24. The maximum Gasteiger partial charge on any atom is 0.322 e. The summed E-state index contributed by atoms with van der Waals surface area (Å²) >= 11 is 5.19. The molecule has 1 saturated heterocycles. The lowest BCUT2D eigenvalue weighted by Gasteiger charge is -2.31. The summed E-state index contributed by atoms with van der Waals surface area (Å²) in [6, 6.07) is 21.3. The van der Waals surface area contributed by atoms with Crippen LogP contribution in [0.3, 0.4) is 0 Å². The molecule has 0 atom stereocenters. The SMILES string of the molecule is Cc1ccc(CN(Cc2ccccc2)C(=O)CN(CCN2CCOCC2)C(=O)Nc2ccccc2Br)s1. The number of amides is 3. The van der Waals surface area contributed by atoms with Gasteiger partial charge < -0.3 is 19.9 Å². The summed E-state index contributed by atoms with van der Waals surface area (Å²) in [4.78, 5) is 35.2. The zero-order valence-electron chi connectivity index (χ0n) is 21.1. The van der Waals surface area contributed by atoms with Gasteiger partial charge in [-0.1, -0.05) is 42.5 Å². The van der Waals surface area contributed by atoms with Gasteiger partial charge in [0.15, 0.2) is 0 Å². The Morgan fingerprint density at radius 1 is 0.973 bits per heavy atom. The molecule has 0 aliphatic carbocycles. The number of urea groups is 1. The second-order valence-corrected chi connectivity index (χ2v) is 11.3. The van der Waals surface area contributed by atoms with E-state index in [1.165, 1.54) is 4.88 Å². The number of ether oxygens (including phenoxy) is 1. The summed E-state index contributed by atoms with van der Waals surface area (Å²) in [7, 11) is 0. The fourth-order valence-corrected chi connectivity index (χ4v) is 5.44. The predicted octanol–water partition coefficient (Wildman–Crippen LogP) is 5.21. The zero-order valence-corrected chi connectivity index (χ0v) is 23.5. The fourth-order valence-electron chi connectivity index (χ4n) is 4.15. The smallest absolute Gasteiger partial charge is 0.322 e. The van der Waals surface area contributed by atoms with Gasteiger partial charge in [-0.2, -0.15) is 0 Å². The molecule has 2 heterocycles. The normalized spacial score (nSPS) is 13.8. The molecule has 9 heteroatoms. The molecule has 1 fully saturated rings. The zero-order chi connectivity index (χ0) is 26.0. The lowest BCUT2D eigenvalue weighted by molar-refractivity contribution is -0.133. The number of hydrogen-bond donors (Lipinski definition) is 1. The van der Waals surface area contributed by atoms with Gasteiger partial charge in [-0.15, -0.1) is 11.3 Å². The molecule has 0 saturated carbocycles. The second-order valence-electron chi connectivity index (χ2n) is 9.03. The lowest BCUT2D eigenvalue weighted by atomic mass is 10.2. The van der Waals surface area contributed by atoms with E-state index in [0.29, 0.717) is 45.1 Å². The van der Waals surface area contributed by atoms with Gasteiger partial charge >= 0.3 is 6.03 Å². The number of thiophene rings is 1. The Bertz CT molecular complexity index is 1170. The predicted molar refractivity (Wildman–Crippen MR) is 152 cm³/mol. The highest BCUT2D eigenvalue weighted by atomic mass is 79.9. The Morgan fingerprint density at radius 2 is 1.70 bits per heavy atom. The summed E-state index contributed by atoms with van der Waals surface area (Å²) in [5.74, 6) is -0.0841. The molecule has 0 bridgehead atoms. The van der Waals surface area contributed by atoms with Crippen molar-refractivity contribution < 1.29 is 14.3 Å². The van der Waals surface area contributed by atoms with Crippen molar-refractivity contribution in [3.63, 3.8) is 0 Å². The molecular formula is C28H33BrN4O3S. The van der Waals surface area contributed by atoms with Crippen molar-refractivity contribution in [2.45, 2.75) is 20.0 Å². The largest absolute Gasteiger partial charge is 0.379 e. The minimum atomic E-state index is -0.292. The van der Waals surface area contributed by atoms with E-state index >= 15 is 0 Å². The minimum absolute atomic E-state index is 0.00217. The maximum atomic E-state index is 13.7. The van der Waals surface area contributed by atoms with E-state index in [4.69, 9.17) is 4.74 Å². The molecule has 4 rings (SSSR count). The molecule has 0 radical (unpaired) electrons. The van der Waals surface area contributed by atoms with Gasteiger partial charge in [0.2, 0.25) is 5.91 Å². The van der Waals surface area contributed by atoms with Gasteiger partial charge in [0, 0.05) is 47.0 Å². The van der Waals surface area contributed by atoms with Crippen LogP contribution in [-0.4, -0.2) is 72.6 Å². The third-order valence-corrected chi connectivity index (χ3v) is 7.91. The van der Waals surface area contributed by atoms with Crippen molar-refractivity contribution in [1.29, 1.82) is 0 Å². The molecule has 3 amide bonds. The monoisotopic (exact) mass is 584 g/mol. The molecule has 1 aromatic heterocycles. The average Bonchev–Trinajstić information content (AvgIpc) is 3.33. The Balaban J connectivity index is 1.50. The van der Waals surface area contributed by atoms with Crippen LogP contribution in [0.4, 0.5) is 10.5 Å². The first-order chi connectivity index (χ1) is 18.0. The Kier molecular flexibility index (Phi) is 10.1. The van der Waals surface area contributed by atoms with E-state index in [-0.39, 0.29) is 18.5 Å². The average molecular weight is 586 g/mol. The Hall–Kier alpha value is -2.72. The van der Waals surface area contributed by atoms with E-state index in [2.05, 4.69) is 45.2 Å². The molecule has 2 aromatic carbocycles. The Morgan fingerprint density at radius 3 is 2.41 bits per heavy atom. The fraction of sp³-hybridized carbons (Fsp3) is 0.357. The number of nitrogens with one attached hydrogen (secondary N) is 1. The molecule has 196 valence electrons. The van der Waals surface area contributed by atoms with Crippen LogP contribution in [0, 0.1) is 6.92 Å². The van der Waals surface area contributed by atoms with Gasteiger partial charge in [-0.05, 0) is 52.7 Å². The van der Waals surface area contributed by atoms with Crippen LogP contribution in [0.25, 0.3) is 0 Å². The number of nitrogens with zero attached hydrogens (tertiary/aromatic N) is 3. The third kappa shape index (κ3) is 8.39. The van der Waals surface area contributed by atoms with E-state index in [1.54, 1.807) is 16.2 Å². The van der Waals surface area contributed by atoms with Gasteiger partial charge in [-0.3, -0.25) is 9.69 Å².